The zero-order chi connectivity index (χ0) is 33.4. The molecule has 2 saturated carbocycles. The number of nitrogens with one attached hydrogen (secondary N) is 2. The van der Waals surface area contributed by atoms with E-state index in [0.717, 1.165) is 42.5 Å². The second-order valence-corrected chi connectivity index (χ2v) is 15.7. The largest absolute Gasteiger partial charge is 0.484 e. The molecule has 48 heavy (non-hydrogen) atoms. The number of hydrogen-bond acceptors (Lipinski definition) is 8. The highest BCUT2D eigenvalue weighted by Crippen LogP contribution is 2.68. The van der Waals surface area contributed by atoms with E-state index in [9.17, 15) is 29.1 Å². The van der Waals surface area contributed by atoms with E-state index in [2.05, 4.69) is 10.3 Å². The summed E-state index contributed by atoms with van der Waals surface area (Å²) in [6.45, 7) is 3.22. The molecule has 246 valence electrons. The minimum absolute atomic E-state index is 0.0321. The highest BCUT2D eigenvalue weighted by atomic mass is 32.2. The third-order valence-corrected chi connectivity index (χ3v) is 13.1. The third-order valence-electron chi connectivity index (χ3n) is 10.5. The molecule has 0 radical (unpaired) electrons. The first-order valence-corrected chi connectivity index (χ1v) is 17.8. The molecule has 3 fully saturated rings. The number of imide groups is 1. The molecular weight excluding hydrogens is 651 g/mol. The highest BCUT2D eigenvalue weighted by molar-refractivity contribution is 8.00. The maximum atomic E-state index is 13.9. The average Bonchev–Trinajstić information content (AvgIpc) is 3.79. The van der Waals surface area contributed by atoms with Crippen LogP contribution in [-0.4, -0.2) is 56.6 Å². The molecule has 8 atom stereocenters. The number of likely N-dealkylation sites (tertiary alicyclic amines) is 1. The Balaban J connectivity index is 1.06. The van der Waals surface area contributed by atoms with Gasteiger partial charge in [0.1, 0.15) is 11.8 Å². The van der Waals surface area contributed by atoms with Gasteiger partial charge in [-0.05, 0) is 70.7 Å². The normalized spacial score (nSPS) is 27.6. The number of benzene rings is 3. The van der Waals surface area contributed by atoms with Crippen LogP contribution in [0.5, 0.6) is 5.75 Å². The van der Waals surface area contributed by atoms with Crippen molar-refractivity contribution in [2.24, 2.45) is 35.5 Å². The highest BCUT2D eigenvalue weighted by Gasteiger charge is 2.70. The molecule has 2 bridgehead atoms. The van der Waals surface area contributed by atoms with Gasteiger partial charge in [-0.2, -0.15) is 0 Å². The van der Waals surface area contributed by atoms with E-state index in [0.29, 0.717) is 17.9 Å². The number of thioether (sulfide) groups is 1. The van der Waals surface area contributed by atoms with E-state index >= 15 is 0 Å². The first-order valence-electron chi connectivity index (χ1n) is 16.1. The van der Waals surface area contributed by atoms with E-state index in [1.54, 1.807) is 31.7 Å². The van der Waals surface area contributed by atoms with Gasteiger partial charge in [0.15, 0.2) is 6.61 Å². The van der Waals surface area contributed by atoms with Gasteiger partial charge in [0.05, 0.1) is 16.9 Å². The molecule has 4 aliphatic rings. The standard InChI is InChI=1S/C36H33N3O7S2/c1-16(2)29(35(43)44)39-33(41)27-22-14-23(28(27)34(39)42)30-26(22)25(31-32(47-30)38-36(45)48-31)19-8-5-9-21(13-19)46-15-24(40)37-20-11-10-17-6-3-4-7-18(17)12-20/h3-13,16,22-23,25-30H,14-15H2,1-2H3,(H,37,40)(H,38,45)(H,43,44)/t22?,23?,25-,26?,27?,28?,29?,30?/m1/s1. The van der Waals surface area contributed by atoms with Crippen molar-refractivity contribution in [2.45, 2.75) is 42.5 Å². The van der Waals surface area contributed by atoms with Gasteiger partial charge >= 0.3 is 10.8 Å². The summed E-state index contributed by atoms with van der Waals surface area (Å²) in [5.41, 5.74) is 1.57. The minimum Gasteiger partial charge on any atom is -0.484 e. The third kappa shape index (κ3) is 4.87. The summed E-state index contributed by atoms with van der Waals surface area (Å²) in [7, 11) is 0. The Bertz CT molecular complexity index is 2060. The number of ether oxygens (including phenoxy) is 1. The van der Waals surface area contributed by atoms with Crippen molar-refractivity contribution in [3.8, 4) is 5.75 Å². The van der Waals surface area contributed by atoms with Crippen molar-refractivity contribution in [1.82, 2.24) is 9.88 Å². The number of carbonyl (C=O) groups is 4. The number of rotatable bonds is 8. The van der Waals surface area contributed by atoms with E-state index in [1.807, 2.05) is 60.7 Å². The molecule has 2 aliphatic heterocycles. The number of carbonyl (C=O) groups excluding carboxylic acids is 3. The Morgan fingerprint density at radius 1 is 0.979 bits per heavy atom. The maximum absolute atomic E-state index is 13.9. The summed E-state index contributed by atoms with van der Waals surface area (Å²) in [6.07, 6.45) is 0.698. The Kier molecular flexibility index (Phi) is 7.48. The number of aromatic nitrogens is 1. The Morgan fingerprint density at radius 2 is 1.73 bits per heavy atom. The molecule has 3 heterocycles. The number of aromatic amines is 1. The summed E-state index contributed by atoms with van der Waals surface area (Å²) in [4.78, 5) is 70.2. The number of aliphatic carboxylic acids is 1. The van der Waals surface area contributed by atoms with Crippen LogP contribution in [0.15, 0.2) is 76.6 Å². The molecule has 1 saturated heterocycles. The number of hydrogen-bond donors (Lipinski definition) is 3. The lowest BCUT2D eigenvalue weighted by Gasteiger charge is -2.43. The van der Waals surface area contributed by atoms with Gasteiger partial charge in [0, 0.05) is 21.7 Å². The van der Waals surface area contributed by atoms with Gasteiger partial charge < -0.3 is 20.1 Å². The van der Waals surface area contributed by atoms with Gasteiger partial charge in [0.2, 0.25) is 11.8 Å². The van der Waals surface area contributed by atoms with Gasteiger partial charge in [-0.3, -0.25) is 24.1 Å². The lowest BCUT2D eigenvalue weighted by Crippen LogP contribution is -2.49. The predicted molar refractivity (Wildman–Crippen MR) is 181 cm³/mol. The van der Waals surface area contributed by atoms with E-state index < -0.39 is 29.8 Å². The van der Waals surface area contributed by atoms with Crippen LogP contribution >= 0.6 is 23.1 Å². The van der Waals surface area contributed by atoms with Gasteiger partial charge in [0.25, 0.3) is 5.91 Å². The van der Waals surface area contributed by atoms with Gasteiger partial charge in [-0.15, -0.1) is 11.8 Å². The summed E-state index contributed by atoms with van der Waals surface area (Å²) in [5.74, 6) is -3.85. The van der Waals surface area contributed by atoms with Crippen LogP contribution in [0.25, 0.3) is 10.8 Å². The van der Waals surface area contributed by atoms with Crippen molar-refractivity contribution < 1.29 is 29.0 Å². The first-order chi connectivity index (χ1) is 23.1. The molecule has 8 rings (SSSR count). The zero-order valence-electron chi connectivity index (χ0n) is 26.1. The summed E-state index contributed by atoms with van der Waals surface area (Å²) in [5, 5.41) is 15.7. The second kappa shape index (κ2) is 11.6. The fourth-order valence-electron chi connectivity index (χ4n) is 8.79. The molecule has 3 aromatic carbocycles. The van der Waals surface area contributed by atoms with Crippen LogP contribution in [0.3, 0.4) is 0 Å². The summed E-state index contributed by atoms with van der Waals surface area (Å²) < 4.78 is 5.97. The molecular formula is C36H33N3O7S2. The van der Waals surface area contributed by atoms with Crippen molar-refractivity contribution in [1.29, 1.82) is 0 Å². The number of H-pyrrole nitrogens is 1. The molecule has 4 aromatic rings. The predicted octanol–water partition coefficient (Wildman–Crippen LogP) is 5.19. The van der Waals surface area contributed by atoms with Gasteiger partial charge in [-0.1, -0.05) is 67.6 Å². The van der Waals surface area contributed by atoms with Crippen molar-refractivity contribution >= 4 is 63.2 Å². The molecule has 10 nitrogen and oxygen atoms in total. The number of carboxylic acids is 1. The van der Waals surface area contributed by atoms with Crippen LogP contribution in [0, 0.1) is 35.5 Å². The quantitative estimate of drug-likeness (QED) is 0.215. The van der Waals surface area contributed by atoms with Crippen molar-refractivity contribution in [3.05, 3.63) is 86.8 Å². The summed E-state index contributed by atoms with van der Waals surface area (Å²) in [6, 6.07) is 19.9. The lowest BCUT2D eigenvalue weighted by molar-refractivity contribution is -0.157. The molecule has 1 aromatic heterocycles. The molecule has 12 heteroatoms. The van der Waals surface area contributed by atoms with Gasteiger partial charge in [-0.25, -0.2) is 4.79 Å². The van der Waals surface area contributed by atoms with Crippen LogP contribution in [0.2, 0.25) is 0 Å². The van der Waals surface area contributed by atoms with Crippen LogP contribution < -0.4 is 14.9 Å². The molecule has 2 aliphatic carbocycles. The fourth-order valence-corrected chi connectivity index (χ4v) is 11.7. The zero-order valence-corrected chi connectivity index (χ0v) is 27.8. The monoisotopic (exact) mass is 683 g/mol. The molecule has 3 amide bonds. The number of thiazole rings is 1. The van der Waals surface area contributed by atoms with E-state index in [4.69, 9.17) is 4.74 Å². The van der Waals surface area contributed by atoms with E-state index in [-0.39, 0.29) is 58.1 Å². The smallest absolute Gasteiger partial charge is 0.327 e. The van der Waals surface area contributed by atoms with Crippen LogP contribution in [-0.2, 0) is 19.2 Å². The molecule has 3 N–H and O–H groups in total. The number of fused-ring (bicyclic) bond motifs is 10. The lowest BCUT2D eigenvalue weighted by atomic mass is 9.68. The van der Waals surface area contributed by atoms with E-state index in [1.165, 1.54) is 0 Å². The molecule has 0 spiro atoms. The number of amides is 3. The average molecular weight is 684 g/mol. The van der Waals surface area contributed by atoms with Crippen LogP contribution in [0.4, 0.5) is 5.69 Å². The minimum atomic E-state index is -1.20. The van der Waals surface area contributed by atoms with Crippen LogP contribution in [0.1, 0.15) is 36.6 Å². The second-order valence-electron chi connectivity index (χ2n) is 13.5. The summed E-state index contributed by atoms with van der Waals surface area (Å²) >= 11 is 2.73. The Morgan fingerprint density at radius 3 is 2.48 bits per heavy atom. The Labute approximate surface area is 283 Å². The SMILES string of the molecule is CC(C)C(C(=O)O)N1C(=O)C2C3CC(C2C1=O)C1C3Sc2[nH]c(=O)sc2[C@@H]1c1cccc(OCC(=O)Nc2ccc3ccccc3c2)c1. The number of anilines is 1. The van der Waals surface area contributed by atoms with Crippen molar-refractivity contribution in [3.63, 3.8) is 0 Å². The maximum Gasteiger partial charge on any atom is 0.327 e. The Hall–Kier alpha value is -4.42. The van der Waals surface area contributed by atoms with Crippen molar-refractivity contribution in [2.75, 3.05) is 11.9 Å². The number of nitrogens with zero attached hydrogens (tertiary/aromatic N) is 1. The molecule has 7 unspecified atom stereocenters. The fraction of sp³-hybridized carbons (Fsp3) is 0.361. The number of carboxylic acid groups (broad SMARTS) is 1. The first kappa shape index (κ1) is 30.9. The topological polar surface area (TPSA) is 146 Å².